The second-order valence-electron chi connectivity index (χ2n) is 4.51. The fraction of sp³-hybridized carbons (Fsp3) is 0.583. The molecule has 1 aliphatic rings. The first-order chi connectivity index (χ1) is 8.54. The minimum atomic E-state index is -0.349. The Morgan fingerprint density at radius 1 is 1.56 bits per heavy atom. The third-order valence-corrected chi connectivity index (χ3v) is 3.90. The number of hydrogen-bond donors (Lipinski definition) is 0. The highest BCUT2D eigenvalue weighted by molar-refractivity contribution is 7.05. The summed E-state index contributed by atoms with van der Waals surface area (Å²) >= 11 is 1.31. The van der Waals surface area contributed by atoms with Gasteiger partial charge in [0.2, 0.25) is 5.91 Å². The van der Waals surface area contributed by atoms with Crippen LogP contribution in [0, 0.1) is 6.92 Å². The largest absolute Gasteiger partial charge is 0.342 e. The van der Waals surface area contributed by atoms with Crippen LogP contribution >= 0.6 is 11.5 Å². The lowest BCUT2D eigenvalue weighted by molar-refractivity contribution is -0.138. The molecule has 6 heteroatoms. The Hall–Kier alpha value is -1.43. The molecule has 1 aliphatic heterocycles. The summed E-state index contributed by atoms with van der Waals surface area (Å²) in [4.78, 5) is 28.7. The lowest BCUT2D eigenvalue weighted by atomic mass is 10.1. The molecule has 1 fully saturated rings. The van der Waals surface area contributed by atoms with Gasteiger partial charge in [-0.05, 0) is 30.9 Å². The molecule has 98 valence electrons. The van der Waals surface area contributed by atoms with Gasteiger partial charge < -0.3 is 9.80 Å². The molecular weight excluding hydrogens is 250 g/mol. The maximum atomic E-state index is 12.3. The van der Waals surface area contributed by atoms with Crippen molar-refractivity contribution < 1.29 is 9.59 Å². The van der Waals surface area contributed by atoms with Crippen LogP contribution in [-0.4, -0.2) is 52.2 Å². The molecule has 0 N–H and O–H groups in total. The zero-order valence-corrected chi connectivity index (χ0v) is 11.7. The summed E-state index contributed by atoms with van der Waals surface area (Å²) in [5.41, 5.74) is 0.452. The van der Waals surface area contributed by atoms with Crippen molar-refractivity contribution in [3.05, 3.63) is 16.6 Å². The Bertz CT molecular complexity index is 472. The molecule has 1 aromatic heterocycles. The van der Waals surface area contributed by atoms with E-state index in [1.54, 1.807) is 22.9 Å². The molecule has 1 saturated heterocycles. The fourth-order valence-electron chi connectivity index (χ4n) is 2.16. The summed E-state index contributed by atoms with van der Waals surface area (Å²) in [6.45, 7) is 5.01. The zero-order chi connectivity index (χ0) is 13.3. The topological polar surface area (TPSA) is 53.5 Å². The average molecular weight is 267 g/mol. The van der Waals surface area contributed by atoms with Crippen LogP contribution in [0.3, 0.4) is 0 Å². The molecule has 0 spiro atoms. The Morgan fingerprint density at radius 3 is 2.83 bits per heavy atom. The van der Waals surface area contributed by atoms with Gasteiger partial charge in [-0.3, -0.25) is 9.59 Å². The number of carbonyl (C=O) groups is 2. The fourth-order valence-corrected chi connectivity index (χ4v) is 2.70. The molecule has 2 amide bonds. The number of aryl methyl sites for hydroxylation is 1. The van der Waals surface area contributed by atoms with E-state index in [0.717, 1.165) is 4.88 Å². The predicted octanol–water partition coefficient (Wildman–Crippen LogP) is 1.14. The first-order valence-corrected chi connectivity index (χ1v) is 6.81. The molecule has 0 bridgehead atoms. The Kier molecular flexibility index (Phi) is 3.65. The van der Waals surface area contributed by atoms with Crippen molar-refractivity contribution in [2.24, 2.45) is 0 Å². The van der Waals surface area contributed by atoms with E-state index in [2.05, 4.69) is 4.37 Å². The van der Waals surface area contributed by atoms with Crippen molar-refractivity contribution in [1.29, 1.82) is 0 Å². The van der Waals surface area contributed by atoms with Crippen molar-refractivity contribution in [3.63, 3.8) is 0 Å². The van der Waals surface area contributed by atoms with Gasteiger partial charge in [0.25, 0.3) is 5.91 Å². The van der Waals surface area contributed by atoms with Crippen molar-refractivity contribution in [3.8, 4) is 0 Å². The van der Waals surface area contributed by atoms with Crippen LogP contribution < -0.4 is 0 Å². The summed E-state index contributed by atoms with van der Waals surface area (Å²) < 4.78 is 4.13. The van der Waals surface area contributed by atoms with Gasteiger partial charge in [0.05, 0.1) is 0 Å². The standard InChI is InChI=1S/C12H17N3O2S/c1-4-10-12(17)14(3)5-6-15(10)11(16)9-7-8(2)18-13-9/h7,10H,4-6H2,1-3H3. The molecule has 1 unspecified atom stereocenters. The van der Waals surface area contributed by atoms with Crippen molar-refractivity contribution >= 4 is 23.3 Å². The lowest BCUT2D eigenvalue weighted by Gasteiger charge is -2.38. The van der Waals surface area contributed by atoms with Gasteiger partial charge in [-0.1, -0.05) is 6.92 Å². The molecule has 1 aromatic rings. The van der Waals surface area contributed by atoms with Gasteiger partial charge in [-0.15, -0.1) is 0 Å². The maximum absolute atomic E-state index is 12.3. The molecule has 0 aliphatic carbocycles. The van der Waals surface area contributed by atoms with Crippen LogP contribution in [0.2, 0.25) is 0 Å². The molecule has 0 saturated carbocycles. The first kappa shape index (κ1) is 13.0. The molecule has 18 heavy (non-hydrogen) atoms. The highest BCUT2D eigenvalue weighted by atomic mass is 32.1. The van der Waals surface area contributed by atoms with E-state index < -0.39 is 0 Å². The third kappa shape index (κ3) is 2.25. The molecule has 0 aromatic carbocycles. The average Bonchev–Trinajstić information content (AvgIpc) is 2.78. The quantitative estimate of drug-likeness (QED) is 0.807. The molecular formula is C12H17N3O2S. The Balaban J connectivity index is 2.21. The van der Waals surface area contributed by atoms with Gasteiger partial charge in [0.15, 0.2) is 0 Å². The smallest absolute Gasteiger partial charge is 0.274 e. The first-order valence-electron chi connectivity index (χ1n) is 6.04. The second-order valence-corrected chi connectivity index (χ2v) is 5.51. The normalized spacial score (nSPS) is 20.4. The van der Waals surface area contributed by atoms with E-state index in [-0.39, 0.29) is 17.9 Å². The SMILES string of the molecule is CCC1C(=O)N(C)CCN1C(=O)c1cc(C)sn1. The van der Waals surface area contributed by atoms with Crippen molar-refractivity contribution in [2.45, 2.75) is 26.3 Å². The van der Waals surface area contributed by atoms with E-state index in [1.807, 2.05) is 13.8 Å². The maximum Gasteiger partial charge on any atom is 0.274 e. The number of likely N-dealkylation sites (N-methyl/N-ethyl adjacent to an activating group) is 1. The lowest BCUT2D eigenvalue weighted by Crippen LogP contribution is -2.57. The summed E-state index contributed by atoms with van der Waals surface area (Å²) in [7, 11) is 1.78. The number of piperazine rings is 1. The Morgan fingerprint density at radius 2 is 2.28 bits per heavy atom. The van der Waals surface area contributed by atoms with E-state index in [9.17, 15) is 9.59 Å². The van der Waals surface area contributed by atoms with Gasteiger partial charge >= 0.3 is 0 Å². The molecule has 2 heterocycles. The van der Waals surface area contributed by atoms with E-state index in [0.29, 0.717) is 25.2 Å². The minimum Gasteiger partial charge on any atom is -0.342 e. The Labute approximate surface area is 111 Å². The van der Waals surface area contributed by atoms with Crippen LogP contribution in [0.4, 0.5) is 0 Å². The minimum absolute atomic E-state index is 0.0176. The monoisotopic (exact) mass is 267 g/mol. The highest BCUT2D eigenvalue weighted by Gasteiger charge is 2.35. The number of aromatic nitrogens is 1. The highest BCUT2D eigenvalue weighted by Crippen LogP contribution is 2.18. The van der Waals surface area contributed by atoms with Gasteiger partial charge in [0, 0.05) is 25.0 Å². The van der Waals surface area contributed by atoms with Crippen molar-refractivity contribution in [2.75, 3.05) is 20.1 Å². The molecule has 2 rings (SSSR count). The molecule has 5 nitrogen and oxygen atoms in total. The molecule has 1 atom stereocenters. The third-order valence-electron chi connectivity index (χ3n) is 3.21. The van der Waals surface area contributed by atoms with Crippen LogP contribution in [-0.2, 0) is 4.79 Å². The van der Waals surface area contributed by atoms with E-state index >= 15 is 0 Å². The number of rotatable bonds is 2. The molecule has 0 radical (unpaired) electrons. The van der Waals surface area contributed by atoms with E-state index in [4.69, 9.17) is 0 Å². The number of carbonyl (C=O) groups excluding carboxylic acids is 2. The zero-order valence-electron chi connectivity index (χ0n) is 10.8. The number of amides is 2. The summed E-state index contributed by atoms with van der Waals surface area (Å²) in [5, 5.41) is 0. The summed E-state index contributed by atoms with van der Waals surface area (Å²) in [6, 6.07) is 1.43. The van der Waals surface area contributed by atoms with Crippen LogP contribution in [0.25, 0.3) is 0 Å². The summed E-state index contributed by atoms with van der Waals surface area (Å²) in [6.07, 6.45) is 0.637. The van der Waals surface area contributed by atoms with Crippen LogP contribution in [0.1, 0.15) is 28.7 Å². The second kappa shape index (κ2) is 5.06. The van der Waals surface area contributed by atoms with Crippen LogP contribution in [0.5, 0.6) is 0 Å². The number of hydrogen-bond acceptors (Lipinski definition) is 4. The van der Waals surface area contributed by atoms with Crippen LogP contribution in [0.15, 0.2) is 6.07 Å². The van der Waals surface area contributed by atoms with Gasteiger partial charge in [-0.25, -0.2) is 0 Å². The van der Waals surface area contributed by atoms with Crippen molar-refractivity contribution in [1.82, 2.24) is 14.2 Å². The van der Waals surface area contributed by atoms with Gasteiger partial charge in [-0.2, -0.15) is 4.37 Å². The summed E-state index contributed by atoms with van der Waals surface area (Å²) in [5.74, 6) is -0.114. The predicted molar refractivity (Wildman–Crippen MR) is 69.6 cm³/mol. The van der Waals surface area contributed by atoms with E-state index in [1.165, 1.54) is 11.5 Å². The number of nitrogens with zero attached hydrogens (tertiary/aromatic N) is 3. The van der Waals surface area contributed by atoms with Gasteiger partial charge in [0.1, 0.15) is 11.7 Å².